The third-order valence-corrected chi connectivity index (χ3v) is 3.20. The molecule has 6 heteroatoms. The van der Waals surface area contributed by atoms with E-state index in [9.17, 15) is 4.79 Å². The van der Waals surface area contributed by atoms with Gasteiger partial charge in [0.1, 0.15) is 5.82 Å². The number of carbonyl (C=O) groups is 1. The zero-order valence-electron chi connectivity index (χ0n) is 9.29. The van der Waals surface area contributed by atoms with Crippen LogP contribution in [-0.2, 0) is 13.5 Å². The molecule has 0 amide bonds. The fraction of sp³-hybridized carbons (Fsp3) is 0.273. The van der Waals surface area contributed by atoms with Crippen molar-refractivity contribution in [2.45, 2.75) is 11.5 Å². The molecule has 0 aliphatic carbocycles. The number of aromatic carboxylic acids is 1. The maximum atomic E-state index is 10.6. The Bertz CT molecular complexity index is 518. The highest BCUT2D eigenvalue weighted by molar-refractivity contribution is 7.99. The highest BCUT2D eigenvalue weighted by Gasteiger charge is 2.09. The van der Waals surface area contributed by atoms with E-state index >= 15 is 0 Å². The number of hydrogen-bond donors (Lipinski definition) is 1. The van der Waals surface area contributed by atoms with E-state index < -0.39 is 5.97 Å². The molecule has 2 rings (SSSR count). The second kappa shape index (κ2) is 5.09. The smallest absolute Gasteiger partial charge is 0.371 e. The SMILES string of the molecule is Cn1ccnc1CCSc1ccc(C(=O)O)o1. The largest absolute Gasteiger partial charge is 0.475 e. The van der Waals surface area contributed by atoms with Gasteiger partial charge in [0.05, 0.1) is 0 Å². The fourth-order valence-electron chi connectivity index (χ4n) is 1.39. The summed E-state index contributed by atoms with van der Waals surface area (Å²) in [5, 5.41) is 9.32. The summed E-state index contributed by atoms with van der Waals surface area (Å²) in [6.07, 6.45) is 4.47. The average molecular weight is 252 g/mol. The molecule has 17 heavy (non-hydrogen) atoms. The van der Waals surface area contributed by atoms with Crippen molar-refractivity contribution in [1.82, 2.24) is 9.55 Å². The van der Waals surface area contributed by atoms with Crippen LogP contribution in [0.15, 0.2) is 34.0 Å². The van der Waals surface area contributed by atoms with Crippen molar-refractivity contribution in [2.75, 3.05) is 5.75 Å². The Morgan fingerprint density at radius 3 is 3.00 bits per heavy atom. The van der Waals surface area contributed by atoms with Crippen LogP contribution in [0.5, 0.6) is 0 Å². The predicted molar refractivity (Wildman–Crippen MR) is 63.3 cm³/mol. The molecule has 0 unspecified atom stereocenters. The van der Waals surface area contributed by atoms with Crippen LogP contribution in [0.3, 0.4) is 0 Å². The zero-order chi connectivity index (χ0) is 12.3. The van der Waals surface area contributed by atoms with Crippen LogP contribution in [-0.4, -0.2) is 26.4 Å². The van der Waals surface area contributed by atoms with E-state index in [4.69, 9.17) is 9.52 Å². The van der Waals surface area contributed by atoms with Gasteiger partial charge in [0.25, 0.3) is 0 Å². The molecule has 0 bridgehead atoms. The van der Waals surface area contributed by atoms with Crippen LogP contribution >= 0.6 is 11.8 Å². The summed E-state index contributed by atoms with van der Waals surface area (Å²) in [6, 6.07) is 3.14. The Balaban J connectivity index is 1.86. The van der Waals surface area contributed by atoms with Crippen molar-refractivity contribution in [3.8, 4) is 0 Å². The monoisotopic (exact) mass is 252 g/mol. The molecule has 2 heterocycles. The van der Waals surface area contributed by atoms with Crippen LogP contribution in [0.25, 0.3) is 0 Å². The van der Waals surface area contributed by atoms with Gasteiger partial charge in [0.15, 0.2) is 5.09 Å². The van der Waals surface area contributed by atoms with Gasteiger partial charge < -0.3 is 14.1 Å². The van der Waals surface area contributed by atoms with E-state index in [1.165, 1.54) is 17.8 Å². The van der Waals surface area contributed by atoms with E-state index in [0.717, 1.165) is 18.0 Å². The standard InChI is InChI=1S/C11H12N2O3S/c1-13-6-5-12-9(13)4-7-17-10-3-2-8(16-10)11(14)15/h2-3,5-6H,4,7H2,1H3,(H,14,15). The first kappa shape index (κ1) is 11.8. The molecule has 0 fully saturated rings. The zero-order valence-corrected chi connectivity index (χ0v) is 10.1. The molecule has 90 valence electrons. The molecular formula is C11H12N2O3S. The van der Waals surface area contributed by atoms with Crippen molar-refractivity contribution in [3.05, 3.63) is 36.1 Å². The van der Waals surface area contributed by atoms with Gasteiger partial charge in [0.2, 0.25) is 5.76 Å². The van der Waals surface area contributed by atoms with E-state index in [1.807, 2.05) is 17.8 Å². The van der Waals surface area contributed by atoms with Gasteiger partial charge in [-0.05, 0) is 12.1 Å². The number of hydrogen-bond acceptors (Lipinski definition) is 4. The number of imidazole rings is 1. The van der Waals surface area contributed by atoms with E-state index in [-0.39, 0.29) is 5.76 Å². The number of thioether (sulfide) groups is 1. The molecule has 0 aromatic carbocycles. The molecule has 2 aromatic rings. The first-order chi connectivity index (χ1) is 8.16. The van der Waals surface area contributed by atoms with Crippen molar-refractivity contribution < 1.29 is 14.3 Å². The number of rotatable bonds is 5. The lowest BCUT2D eigenvalue weighted by molar-refractivity contribution is 0.0656. The summed E-state index contributed by atoms with van der Waals surface area (Å²) in [7, 11) is 1.95. The number of carboxylic acid groups (broad SMARTS) is 1. The van der Waals surface area contributed by atoms with Crippen LogP contribution in [0.2, 0.25) is 0 Å². The third-order valence-electron chi connectivity index (χ3n) is 2.28. The van der Waals surface area contributed by atoms with Gasteiger partial charge in [-0.15, -0.1) is 0 Å². The summed E-state index contributed by atoms with van der Waals surface area (Å²) in [4.78, 5) is 14.8. The fourth-order valence-corrected chi connectivity index (χ4v) is 2.19. The molecule has 5 nitrogen and oxygen atoms in total. The maximum Gasteiger partial charge on any atom is 0.371 e. The van der Waals surface area contributed by atoms with E-state index in [0.29, 0.717) is 5.09 Å². The average Bonchev–Trinajstić information content (AvgIpc) is 2.89. The minimum absolute atomic E-state index is 0.0236. The Hall–Kier alpha value is -1.69. The van der Waals surface area contributed by atoms with Crippen LogP contribution in [0, 0.1) is 0 Å². The lowest BCUT2D eigenvalue weighted by atomic mass is 10.4. The number of aryl methyl sites for hydroxylation is 2. The summed E-state index contributed by atoms with van der Waals surface area (Å²) < 4.78 is 7.09. The van der Waals surface area contributed by atoms with Gasteiger partial charge in [-0.1, -0.05) is 11.8 Å². The molecule has 2 aromatic heterocycles. The molecule has 0 radical (unpaired) electrons. The van der Waals surface area contributed by atoms with Crippen molar-refractivity contribution >= 4 is 17.7 Å². The maximum absolute atomic E-state index is 10.6. The lowest BCUT2D eigenvalue weighted by Gasteiger charge is -1.99. The minimum Gasteiger partial charge on any atom is -0.475 e. The molecular weight excluding hydrogens is 240 g/mol. The summed E-state index contributed by atoms with van der Waals surface area (Å²) in [5.41, 5.74) is 0. The topological polar surface area (TPSA) is 68.3 Å². The van der Waals surface area contributed by atoms with Crippen molar-refractivity contribution in [2.24, 2.45) is 7.05 Å². The molecule has 0 saturated carbocycles. The van der Waals surface area contributed by atoms with Gasteiger partial charge in [-0.2, -0.15) is 0 Å². The van der Waals surface area contributed by atoms with Crippen LogP contribution < -0.4 is 0 Å². The number of aromatic nitrogens is 2. The van der Waals surface area contributed by atoms with E-state index in [2.05, 4.69) is 4.98 Å². The second-order valence-corrected chi connectivity index (χ2v) is 4.58. The Morgan fingerprint density at radius 2 is 2.41 bits per heavy atom. The number of nitrogens with zero attached hydrogens (tertiary/aromatic N) is 2. The summed E-state index contributed by atoms with van der Waals surface area (Å²) in [5.74, 6) is 0.741. The van der Waals surface area contributed by atoms with Crippen LogP contribution in [0.1, 0.15) is 16.4 Å². The van der Waals surface area contributed by atoms with Gasteiger partial charge in [-0.3, -0.25) is 0 Å². The molecule has 0 aliphatic rings. The number of carboxylic acids is 1. The van der Waals surface area contributed by atoms with Gasteiger partial charge in [-0.25, -0.2) is 9.78 Å². The molecule has 0 atom stereocenters. The molecule has 1 N–H and O–H groups in total. The first-order valence-corrected chi connectivity index (χ1v) is 6.07. The Kier molecular flexibility index (Phi) is 3.53. The summed E-state index contributed by atoms with van der Waals surface area (Å²) >= 11 is 1.48. The molecule has 0 saturated heterocycles. The van der Waals surface area contributed by atoms with Crippen molar-refractivity contribution in [1.29, 1.82) is 0 Å². The third kappa shape index (κ3) is 2.91. The first-order valence-electron chi connectivity index (χ1n) is 5.09. The highest BCUT2D eigenvalue weighted by atomic mass is 32.2. The van der Waals surface area contributed by atoms with Crippen LogP contribution in [0.4, 0.5) is 0 Å². The lowest BCUT2D eigenvalue weighted by Crippen LogP contribution is -1.98. The minimum atomic E-state index is -1.04. The Labute approximate surface area is 102 Å². The normalized spacial score (nSPS) is 10.6. The highest BCUT2D eigenvalue weighted by Crippen LogP contribution is 2.21. The molecule has 0 spiro atoms. The van der Waals surface area contributed by atoms with Crippen molar-refractivity contribution in [3.63, 3.8) is 0 Å². The van der Waals surface area contributed by atoms with Gasteiger partial charge in [0, 0.05) is 31.6 Å². The number of furan rings is 1. The Morgan fingerprint density at radius 1 is 1.59 bits per heavy atom. The van der Waals surface area contributed by atoms with E-state index in [1.54, 1.807) is 12.3 Å². The second-order valence-electron chi connectivity index (χ2n) is 3.48. The predicted octanol–water partition coefficient (Wildman–Crippen LogP) is 2.05. The quantitative estimate of drug-likeness (QED) is 0.825. The molecule has 0 aliphatic heterocycles. The van der Waals surface area contributed by atoms with Gasteiger partial charge >= 0.3 is 5.97 Å². The summed E-state index contributed by atoms with van der Waals surface area (Å²) in [6.45, 7) is 0.